The minimum atomic E-state index is -0.556. The Bertz CT molecular complexity index is 915. The smallest absolute Gasteiger partial charge is 0.308 e. The first-order valence-corrected chi connectivity index (χ1v) is 8.92. The van der Waals surface area contributed by atoms with Gasteiger partial charge in [0.15, 0.2) is 6.79 Å². The van der Waals surface area contributed by atoms with Gasteiger partial charge in [0, 0.05) is 30.2 Å². The number of fused-ring (bicyclic) bond motifs is 1. The van der Waals surface area contributed by atoms with E-state index in [0.717, 1.165) is 5.56 Å². The van der Waals surface area contributed by atoms with E-state index in [9.17, 15) is 19.7 Å². The van der Waals surface area contributed by atoms with Crippen LogP contribution in [0.5, 0.6) is 5.75 Å². The molecule has 0 fully saturated rings. The number of benzene rings is 2. The van der Waals surface area contributed by atoms with Gasteiger partial charge in [-0.1, -0.05) is 30.3 Å². The number of nitrogens with zero attached hydrogens (tertiary/aromatic N) is 1. The van der Waals surface area contributed by atoms with Crippen molar-refractivity contribution in [3.8, 4) is 5.75 Å². The molecule has 2 aromatic carbocycles. The molecule has 9 heteroatoms. The van der Waals surface area contributed by atoms with Gasteiger partial charge in [-0.15, -0.1) is 0 Å². The molecule has 9 nitrogen and oxygen atoms in total. The monoisotopic (exact) mass is 400 g/mol. The molecule has 1 aliphatic rings. The van der Waals surface area contributed by atoms with E-state index in [1.807, 2.05) is 18.2 Å². The van der Waals surface area contributed by atoms with Crippen LogP contribution in [0.25, 0.3) is 0 Å². The predicted octanol–water partition coefficient (Wildman–Crippen LogP) is 2.77. The van der Waals surface area contributed by atoms with Crippen LogP contribution in [0.1, 0.15) is 36.1 Å². The molecule has 0 aromatic heterocycles. The molecule has 1 heterocycles. The van der Waals surface area contributed by atoms with E-state index in [2.05, 4.69) is 5.32 Å². The fraction of sp³-hybridized carbons (Fsp3) is 0.300. The van der Waals surface area contributed by atoms with Crippen molar-refractivity contribution in [2.75, 3.05) is 6.79 Å². The first-order valence-electron chi connectivity index (χ1n) is 8.92. The van der Waals surface area contributed by atoms with Crippen molar-refractivity contribution in [3.05, 3.63) is 69.3 Å². The minimum Gasteiger partial charge on any atom is -0.467 e. The lowest BCUT2D eigenvalue weighted by molar-refractivity contribution is -0.385. The fourth-order valence-electron chi connectivity index (χ4n) is 3.06. The third kappa shape index (κ3) is 5.29. The summed E-state index contributed by atoms with van der Waals surface area (Å²) in [6.45, 7) is 1.38. The van der Waals surface area contributed by atoms with Crippen molar-refractivity contribution in [3.63, 3.8) is 0 Å². The molecule has 152 valence electrons. The maximum Gasteiger partial charge on any atom is 0.308 e. The van der Waals surface area contributed by atoms with Gasteiger partial charge < -0.3 is 19.5 Å². The highest BCUT2D eigenvalue weighted by molar-refractivity contribution is 5.76. The van der Waals surface area contributed by atoms with Crippen molar-refractivity contribution in [2.45, 2.75) is 32.6 Å². The molecule has 2 aromatic rings. The molecular weight excluding hydrogens is 380 g/mol. The summed E-state index contributed by atoms with van der Waals surface area (Å²) in [6.07, 6.45) is -0.0787. The third-order valence-electron chi connectivity index (χ3n) is 4.32. The van der Waals surface area contributed by atoms with E-state index in [1.54, 1.807) is 12.1 Å². The lowest BCUT2D eigenvalue weighted by Gasteiger charge is -2.21. The van der Waals surface area contributed by atoms with Crippen molar-refractivity contribution in [1.82, 2.24) is 5.32 Å². The van der Waals surface area contributed by atoms with Crippen molar-refractivity contribution >= 4 is 17.6 Å². The third-order valence-corrected chi connectivity index (χ3v) is 4.32. The Kier molecular flexibility index (Phi) is 6.40. The SMILES string of the molecule is CC(=O)N[C@H](CC(=O)OCc1cc([N+](=O)[O-])cc2c1OCOC2)c1ccccc1. The average Bonchev–Trinajstić information content (AvgIpc) is 2.71. The molecule has 1 aliphatic heterocycles. The van der Waals surface area contributed by atoms with E-state index >= 15 is 0 Å². The molecular formula is C20H20N2O7. The molecule has 1 N–H and O–H groups in total. The average molecular weight is 400 g/mol. The number of hydrogen-bond acceptors (Lipinski definition) is 7. The summed E-state index contributed by atoms with van der Waals surface area (Å²) < 4.78 is 15.9. The van der Waals surface area contributed by atoms with Crippen LogP contribution >= 0.6 is 0 Å². The topological polar surface area (TPSA) is 117 Å². The summed E-state index contributed by atoms with van der Waals surface area (Å²) in [5.41, 5.74) is 1.55. The maximum atomic E-state index is 12.4. The lowest BCUT2D eigenvalue weighted by atomic mass is 10.0. The van der Waals surface area contributed by atoms with Crippen LogP contribution in [0.3, 0.4) is 0 Å². The number of non-ortho nitro benzene ring substituents is 1. The minimum absolute atomic E-state index is 0.0182. The molecule has 0 bridgehead atoms. The van der Waals surface area contributed by atoms with Crippen LogP contribution in [0.2, 0.25) is 0 Å². The van der Waals surface area contributed by atoms with Gasteiger partial charge in [0.05, 0.1) is 24.0 Å². The summed E-state index contributed by atoms with van der Waals surface area (Å²) in [5.74, 6) is -0.399. The molecule has 0 radical (unpaired) electrons. The number of carbonyl (C=O) groups excluding carboxylic acids is 2. The van der Waals surface area contributed by atoms with Gasteiger partial charge in [-0.05, 0) is 5.56 Å². The molecule has 0 saturated heterocycles. The van der Waals surface area contributed by atoms with Crippen LogP contribution in [-0.4, -0.2) is 23.6 Å². The highest BCUT2D eigenvalue weighted by Crippen LogP contribution is 2.33. The summed E-state index contributed by atoms with van der Waals surface area (Å²) in [4.78, 5) is 34.5. The largest absolute Gasteiger partial charge is 0.467 e. The van der Waals surface area contributed by atoms with E-state index < -0.39 is 16.9 Å². The Morgan fingerprint density at radius 1 is 1.28 bits per heavy atom. The van der Waals surface area contributed by atoms with Gasteiger partial charge in [-0.25, -0.2) is 0 Å². The van der Waals surface area contributed by atoms with E-state index in [0.29, 0.717) is 16.9 Å². The van der Waals surface area contributed by atoms with Crippen molar-refractivity contribution in [1.29, 1.82) is 0 Å². The fourth-order valence-corrected chi connectivity index (χ4v) is 3.06. The summed E-state index contributed by atoms with van der Waals surface area (Å²) in [5, 5.41) is 13.9. The number of hydrogen-bond donors (Lipinski definition) is 1. The molecule has 0 unspecified atom stereocenters. The predicted molar refractivity (Wildman–Crippen MR) is 101 cm³/mol. The van der Waals surface area contributed by atoms with Gasteiger partial charge >= 0.3 is 5.97 Å². The second-order valence-electron chi connectivity index (χ2n) is 6.49. The number of rotatable bonds is 7. The summed E-state index contributed by atoms with van der Waals surface area (Å²) >= 11 is 0. The molecule has 0 spiro atoms. The number of nitrogens with one attached hydrogen (secondary N) is 1. The summed E-state index contributed by atoms with van der Waals surface area (Å²) in [6, 6.07) is 11.2. The Morgan fingerprint density at radius 3 is 2.72 bits per heavy atom. The van der Waals surface area contributed by atoms with Gasteiger partial charge in [0.2, 0.25) is 5.91 Å². The van der Waals surface area contributed by atoms with Crippen molar-refractivity contribution < 1.29 is 28.7 Å². The van der Waals surface area contributed by atoms with E-state index in [1.165, 1.54) is 19.1 Å². The highest BCUT2D eigenvalue weighted by Gasteiger charge is 2.23. The maximum absolute atomic E-state index is 12.4. The van der Waals surface area contributed by atoms with Crippen LogP contribution in [0, 0.1) is 10.1 Å². The van der Waals surface area contributed by atoms with Crippen LogP contribution in [0.15, 0.2) is 42.5 Å². The Hall–Kier alpha value is -3.46. The van der Waals surface area contributed by atoms with E-state index in [4.69, 9.17) is 14.2 Å². The molecule has 1 amide bonds. The molecule has 0 saturated carbocycles. The molecule has 3 rings (SSSR count). The molecule has 1 atom stereocenters. The zero-order valence-electron chi connectivity index (χ0n) is 15.8. The number of nitro groups is 1. The molecule has 0 aliphatic carbocycles. The Balaban J connectivity index is 1.72. The number of amides is 1. The lowest BCUT2D eigenvalue weighted by Crippen LogP contribution is -2.28. The van der Waals surface area contributed by atoms with Gasteiger partial charge in [-0.3, -0.25) is 19.7 Å². The normalized spacial score (nSPS) is 13.6. The number of nitro benzene ring substituents is 1. The standard InChI is InChI=1S/C20H20N2O7/c1-13(23)21-18(14-5-3-2-4-6-14)9-19(24)28-11-16-8-17(22(25)26)7-15-10-27-12-29-20(15)16/h2-8,18H,9-12H2,1H3,(H,21,23)/t18-/m1/s1. The van der Waals surface area contributed by atoms with Gasteiger partial charge in [0.25, 0.3) is 5.69 Å². The Morgan fingerprint density at radius 2 is 2.03 bits per heavy atom. The zero-order valence-corrected chi connectivity index (χ0v) is 15.8. The summed E-state index contributed by atoms with van der Waals surface area (Å²) in [7, 11) is 0. The van der Waals surface area contributed by atoms with Gasteiger partial charge in [0.1, 0.15) is 12.4 Å². The number of ether oxygens (including phenoxy) is 3. The van der Waals surface area contributed by atoms with Gasteiger partial charge in [-0.2, -0.15) is 0 Å². The van der Waals surface area contributed by atoms with Crippen LogP contribution in [0.4, 0.5) is 5.69 Å². The first-order chi connectivity index (χ1) is 13.9. The van der Waals surface area contributed by atoms with Crippen LogP contribution in [-0.2, 0) is 32.3 Å². The highest BCUT2D eigenvalue weighted by atomic mass is 16.7. The van der Waals surface area contributed by atoms with Crippen LogP contribution < -0.4 is 10.1 Å². The Labute approximate surface area is 166 Å². The zero-order chi connectivity index (χ0) is 20.8. The number of esters is 1. The van der Waals surface area contributed by atoms with E-state index in [-0.39, 0.29) is 38.0 Å². The van der Waals surface area contributed by atoms with Crippen molar-refractivity contribution in [2.24, 2.45) is 0 Å². The number of carbonyl (C=O) groups is 2. The molecule has 29 heavy (non-hydrogen) atoms. The quantitative estimate of drug-likeness (QED) is 0.431. The first kappa shape index (κ1) is 20.3. The second kappa shape index (κ2) is 9.16. The second-order valence-corrected chi connectivity index (χ2v) is 6.49.